The number of rotatable bonds is 6. The molecule has 0 saturated heterocycles. The minimum absolute atomic E-state index is 0.0523. The molecule has 3 nitrogen and oxygen atoms in total. The monoisotopic (exact) mass is 304 g/mol. The van der Waals surface area contributed by atoms with E-state index in [0.717, 1.165) is 5.56 Å². The highest BCUT2D eigenvalue weighted by atomic mass is 32.1. The van der Waals surface area contributed by atoms with Crippen LogP contribution in [0.25, 0.3) is 0 Å². The molecule has 0 aromatic heterocycles. The second kappa shape index (κ2) is 7.15. The van der Waals surface area contributed by atoms with E-state index in [4.69, 9.17) is 18.0 Å². The van der Waals surface area contributed by atoms with Gasteiger partial charge in [0.1, 0.15) is 10.8 Å². The maximum Gasteiger partial charge on any atom is 0.147 e. The summed E-state index contributed by atoms with van der Waals surface area (Å²) in [6.07, 6.45) is 0. The first-order chi connectivity index (χ1) is 10.1. The fraction of sp³-hybridized carbons (Fsp3) is 0.188. The number of hydrogen-bond acceptors (Lipinski definition) is 3. The van der Waals surface area contributed by atoms with Crippen LogP contribution in [0.2, 0.25) is 0 Å². The molecule has 0 unspecified atom stereocenters. The fourth-order valence-corrected chi connectivity index (χ4v) is 2.25. The minimum Gasteiger partial charge on any atom is -0.395 e. The van der Waals surface area contributed by atoms with Gasteiger partial charge in [0.15, 0.2) is 0 Å². The lowest BCUT2D eigenvalue weighted by Crippen LogP contribution is -2.27. The van der Waals surface area contributed by atoms with Gasteiger partial charge in [-0.05, 0) is 23.8 Å². The van der Waals surface area contributed by atoms with Crippen molar-refractivity contribution in [3.63, 3.8) is 0 Å². The number of aliphatic hydroxyl groups is 1. The van der Waals surface area contributed by atoms with Crippen LogP contribution in [0.1, 0.15) is 11.1 Å². The lowest BCUT2D eigenvalue weighted by molar-refractivity contribution is 0.301. The molecule has 0 amide bonds. The number of nitrogens with two attached hydrogens (primary N) is 1. The molecule has 0 aliphatic heterocycles. The molecule has 0 aliphatic rings. The van der Waals surface area contributed by atoms with Crippen LogP contribution >= 0.6 is 12.2 Å². The van der Waals surface area contributed by atoms with Crippen LogP contribution in [0.4, 0.5) is 10.1 Å². The molecule has 0 saturated carbocycles. The summed E-state index contributed by atoms with van der Waals surface area (Å²) in [5, 5.41) is 9.20. The Kier molecular flexibility index (Phi) is 5.25. The Morgan fingerprint density at radius 2 is 1.90 bits per heavy atom. The van der Waals surface area contributed by atoms with Crippen molar-refractivity contribution in [2.24, 2.45) is 5.73 Å². The average molecular weight is 304 g/mol. The Labute approximate surface area is 128 Å². The van der Waals surface area contributed by atoms with E-state index in [1.54, 1.807) is 17.0 Å². The standard InChI is InChI=1S/C16H17FN2OS/c17-14-10-13(16(18)21)6-7-15(14)19(8-9-20)11-12-4-2-1-3-5-12/h1-7,10,20H,8-9,11H2,(H2,18,21). The minimum atomic E-state index is -0.398. The van der Waals surface area contributed by atoms with Crippen LogP contribution in [-0.2, 0) is 6.54 Å². The summed E-state index contributed by atoms with van der Waals surface area (Å²) in [6, 6.07) is 14.4. The van der Waals surface area contributed by atoms with Gasteiger partial charge in [-0.15, -0.1) is 0 Å². The van der Waals surface area contributed by atoms with Crippen molar-refractivity contribution in [1.82, 2.24) is 0 Å². The fourth-order valence-electron chi connectivity index (χ4n) is 2.13. The van der Waals surface area contributed by atoms with Crippen LogP contribution in [0, 0.1) is 5.82 Å². The van der Waals surface area contributed by atoms with Gasteiger partial charge in [-0.3, -0.25) is 0 Å². The quantitative estimate of drug-likeness (QED) is 0.805. The summed E-state index contributed by atoms with van der Waals surface area (Å²) < 4.78 is 14.2. The maximum atomic E-state index is 14.2. The Bertz CT molecular complexity index is 619. The molecule has 0 fully saturated rings. The van der Waals surface area contributed by atoms with Crippen molar-refractivity contribution in [3.8, 4) is 0 Å². The summed E-state index contributed by atoms with van der Waals surface area (Å²) in [6.45, 7) is 0.812. The highest BCUT2D eigenvalue weighted by Crippen LogP contribution is 2.22. The summed E-state index contributed by atoms with van der Waals surface area (Å²) in [7, 11) is 0. The molecule has 3 N–H and O–H groups in total. The van der Waals surface area contributed by atoms with Gasteiger partial charge >= 0.3 is 0 Å². The predicted molar refractivity (Wildman–Crippen MR) is 86.9 cm³/mol. The maximum absolute atomic E-state index is 14.2. The molecule has 21 heavy (non-hydrogen) atoms. The Hall–Kier alpha value is -1.98. The average Bonchev–Trinajstić information content (AvgIpc) is 2.48. The van der Waals surface area contributed by atoms with Crippen LogP contribution in [0.5, 0.6) is 0 Å². The van der Waals surface area contributed by atoms with E-state index in [9.17, 15) is 9.50 Å². The molecular formula is C16H17FN2OS. The van der Waals surface area contributed by atoms with Crippen molar-refractivity contribution in [2.45, 2.75) is 6.54 Å². The first kappa shape index (κ1) is 15.4. The van der Waals surface area contributed by atoms with Gasteiger partial charge in [-0.2, -0.15) is 0 Å². The first-order valence-corrected chi connectivity index (χ1v) is 7.01. The topological polar surface area (TPSA) is 49.5 Å². The Morgan fingerprint density at radius 1 is 1.19 bits per heavy atom. The highest BCUT2D eigenvalue weighted by molar-refractivity contribution is 7.80. The van der Waals surface area contributed by atoms with E-state index in [1.165, 1.54) is 6.07 Å². The molecule has 0 heterocycles. The molecule has 2 rings (SSSR count). The second-order valence-corrected chi connectivity index (χ2v) is 5.10. The number of thiocarbonyl (C=S) groups is 1. The van der Waals surface area contributed by atoms with Gasteiger partial charge in [0.05, 0.1) is 12.3 Å². The number of halogens is 1. The number of hydrogen-bond donors (Lipinski definition) is 2. The number of anilines is 1. The van der Waals surface area contributed by atoms with E-state index >= 15 is 0 Å². The van der Waals surface area contributed by atoms with E-state index in [0.29, 0.717) is 24.3 Å². The summed E-state index contributed by atoms with van der Waals surface area (Å²) in [5.74, 6) is -0.398. The molecule has 0 aliphatic carbocycles. The molecule has 0 atom stereocenters. The van der Waals surface area contributed by atoms with Crippen molar-refractivity contribution < 1.29 is 9.50 Å². The van der Waals surface area contributed by atoms with Crippen molar-refractivity contribution >= 4 is 22.9 Å². The molecule has 2 aromatic rings. The highest BCUT2D eigenvalue weighted by Gasteiger charge is 2.13. The normalized spacial score (nSPS) is 10.4. The van der Waals surface area contributed by atoms with E-state index in [2.05, 4.69) is 0 Å². The van der Waals surface area contributed by atoms with E-state index < -0.39 is 5.82 Å². The SMILES string of the molecule is NC(=S)c1ccc(N(CCO)Cc2ccccc2)c(F)c1. The summed E-state index contributed by atoms with van der Waals surface area (Å²) >= 11 is 4.84. The zero-order chi connectivity index (χ0) is 15.2. The number of aliphatic hydroxyl groups excluding tert-OH is 1. The predicted octanol–water partition coefficient (Wildman–Crippen LogP) is 2.46. The third-order valence-corrected chi connectivity index (χ3v) is 3.39. The molecule has 0 spiro atoms. The number of benzene rings is 2. The van der Waals surface area contributed by atoms with Gasteiger partial charge in [0.25, 0.3) is 0 Å². The van der Waals surface area contributed by atoms with Crippen molar-refractivity contribution in [3.05, 3.63) is 65.5 Å². The van der Waals surface area contributed by atoms with Crippen LogP contribution in [-0.4, -0.2) is 23.2 Å². The zero-order valence-electron chi connectivity index (χ0n) is 11.5. The lowest BCUT2D eigenvalue weighted by Gasteiger charge is -2.25. The van der Waals surface area contributed by atoms with Crippen LogP contribution in [0.3, 0.4) is 0 Å². The van der Waals surface area contributed by atoms with Gasteiger partial charge in [0.2, 0.25) is 0 Å². The summed E-state index contributed by atoms with van der Waals surface area (Å²) in [5.41, 5.74) is 7.47. The number of nitrogens with zero attached hydrogens (tertiary/aromatic N) is 1. The molecule has 0 bridgehead atoms. The van der Waals surface area contributed by atoms with E-state index in [-0.39, 0.29) is 11.6 Å². The lowest BCUT2D eigenvalue weighted by atomic mass is 10.1. The summed E-state index contributed by atoms with van der Waals surface area (Å²) in [4.78, 5) is 1.95. The smallest absolute Gasteiger partial charge is 0.147 e. The molecule has 2 aromatic carbocycles. The largest absolute Gasteiger partial charge is 0.395 e. The second-order valence-electron chi connectivity index (χ2n) is 4.66. The van der Waals surface area contributed by atoms with Gasteiger partial charge in [-0.25, -0.2) is 4.39 Å². The van der Waals surface area contributed by atoms with Gasteiger partial charge in [0, 0.05) is 18.7 Å². The molecular weight excluding hydrogens is 287 g/mol. The van der Waals surface area contributed by atoms with Crippen molar-refractivity contribution in [1.29, 1.82) is 0 Å². The molecule has 0 radical (unpaired) electrons. The third-order valence-electron chi connectivity index (χ3n) is 3.16. The molecule has 5 heteroatoms. The van der Waals surface area contributed by atoms with Crippen LogP contribution in [0.15, 0.2) is 48.5 Å². The van der Waals surface area contributed by atoms with E-state index in [1.807, 2.05) is 30.3 Å². The van der Waals surface area contributed by atoms with Gasteiger partial charge in [-0.1, -0.05) is 42.5 Å². The zero-order valence-corrected chi connectivity index (χ0v) is 12.3. The van der Waals surface area contributed by atoms with Gasteiger partial charge < -0.3 is 15.7 Å². The first-order valence-electron chi connectivity index (χ1n) is 6.61. The van der Waals surface area contributed by atoms with Crippen LogP contribution < -0.4 is 10.6 Å². The molecule has 110 valence electrons. The van der Waals surface area contributed by atoms with Crippen molar-refractivity contribution in [2.75, 3.05) is 18.1 Å². The Morgan fingerprint density at radius 3 is 2.48 bits per heavy atom. The third kappa shape index (κ3) is 4.00. The Balaban J connectivity index is 2.27.